The summed E-state index contributed by atoms with van der Waals surface area (Å²) in [5.74, 6) is -10.3. The van der Waals surface area contributed by atoms with Crippen molar-refractivity contribution in [2.45, 2.75) is 12.6 Å². The number of benzene rings is 1. The molecule has 0 amide bonds. The Bertz CT molecular complexity index is 549. The molecule has 0 heterocycles. The molecule has 1 aromatic carbocycles. The lowest BCUT2D eigenvalue weighted by atomic mass is 10.0. The first kappa shape index (κ1) is 15.0. The lowest BCUT2D eigenvalue weighted by Crippen LogP contribution is -2.18. The Labute approximate surface area is 101 Å². The Balaban J connectivity index is 3.49. The topological polar surface area (TPSA) is 54.4 Å². The van der Waals surface area contributed by atoms with Crippen molar-refractivity contribution in [1.82, 2.24) is 0 Å². The van der Waals surface area contributed by atoms with Gasteiger partial charge in [0.25, 0.3) is 0 Å². The lowest BCUT2D eigenvalue weighted by molar-refractivity contribution is -0.142. The molecule has 1 aromatic rings. The highest BCUT2D eigenvalue weighted by Gasteiger charge is 2.41. The van der Waals surface area contributed by atoms with E-state index in [0.29, 0.717) is 0 Å². The van der Waals surface area contributed by atoms with E-state index < -0.39 is 52.9 Å². The molecular formula is C10H4F6O3. The van der Waals surface area contributed by atoms with Crippen LogP contribution >= 0.6 is 0 Å². The number of hydrogen-bond acceptors (Lipinski definition) is 2. The summed E-state index contributed by atoms with van der Waals surface area (Å²) in [6.07, 6.45) is -6.91. The van der Waals surface area contributed by atoms with Gasteiger partial charge in [-0.15, -0.1) is 0 Å². The third kappa shape index (κ3) is 3.04. The fourth-order valence-corrected chi connectivity index (χ4v) is 1.29. The molecule has 0 aliphatic carbocycles. The molecule has 9 heteroatoms. The second-order valence-corrected chi connectivity index (χ2v) is 3.40. The number of Topliss-reactive ketones (excluding diaryl/α,β-unsaturated/α-hetero) is 1. The summed E-state index contributed by atoms with van der Waals surface area (Å²) in [6.45, 7) is 0. The van der Waals surface area contributed by atoms with Gasteiger partial charge < -0.3 is 5.11 Å². The van der Waals surface area contributed by atoms with Gasteiger partial charge in [-0.25, -0.2) is 13.2 Å². The van der Waals surface area contributed by atoms with Crippen LogP contribution in [0, 0.1) is 17.5 Å². The van der Waals surface area contributed by atoms with E-state index in [1.807, 2.05) is 0 Å². The highest BCUT2D eigenvalue weighted by Crippen LogP contribution is 2.36. The van der Waals surface area contributed by atoms with Gasteiger partial charge in [-0.05, 0) is 6.07 Å². The molecule has 3 nitrogen and oxygen atoms in total. The number of carboxylic acids is 1. The summed E-state index contributed by atoms with van der Waals surface area (Å²) < 4.78 is 76.1. The highest BCUT2D eigenvalue weighted by atomic mass is 19.4. The largest absolute Gasteiger partial charge is 0.481 e. The van der Waals surface area contributed by atoms with Crippen molar-refractivity contribution in [2.75, 3.05) is 0 Å². The van der Waals surface area contributed by atoms with Gasteiger partial charge in [0.2, 0.25) is 0 Å². The number of rotatable bonds is 3. The molecule has 0 unspecified atom stereocenters. The van der Waals surface area contributed by atoms with E-state index in [1.54, 1.807) is 0 Å². The minimum Gasteiger partial charge on any atom is -0.481 e. The maximum Gasteiger partial charge on any atom is 0.422 e. The number of halogens is 6. The molecule has 104 valence electrons. The van der Waals surface area contributed by atoms with Gasteiger partial charge in [0.1, 0.15) is 17.8 Å². The van der Waals surface area contributed by atoms with Crippen LogP contribution in [0.3, 0.4) is 0 Å². The summed E-state index contributed by atoms with van der Waals surface area (Å²) in [5.41, 5.74) is -4.03. The summed E-state index contributed by atoms with van der Waals surface area (Å²) in [7, 11) is 0. The molecule has 0 aliphatic rings. The molecule has 1 N–H and O–H groups in total. The average molecular weight is 286 g/mol. The molecule has 0 fully saturated rings. The lowest BCUT2D eigenvalue weighted by Gasteiger charge is -2.12. The summed E-state index contributed by atoms with van der Waals surface area (Å²) in [6, 6.07) is -0.106. The first-order valence-electron chi connectivity index (χ1n) is 4.55. The van der Waals surface area contributed by atoms with Gasteiger partial charge >= 0.3 is 12.1 Å². The monoisotopic (exact) mass is 286 g/mol. The van der Waals surface area contributed by atoms with Crippen molar-refractivity contribution in [3.8, 4) is 0 Å². The van der Waals surface area contributed by atoms with Gasteiger partial charge in [-0.1, -0.05) is 0 Å². The number of alkyl halides is 3. The van der Waals surface area contributed by atoms with Crippen molar-refractivity contribution in [3.05, 3.63) is 34.6 Å². The Morgan fingerprint density at radius 3 is 2.05 bits per heavy atom. The quantitative estimate of drug-likeness (QED) is 0.402. The van der Waals surface area contributed by atoms with E-state index in [-0.39, 0.29) is 6.07 Å². The molecule has 0 saturated heterocycles. The van der Waals surface area contributed by atoms with Gasteiger partial charge in [0, 0.05) is 0 Å². The maximum absolute atomic E-state index is 13.4. The van der Waals surface area contributed by atoms with Crippen molar-refractivity contribution >= 4 is 11.8 Å². The third-order valence-electron chi connectivity index (χ3n) is 2.05. The fraction of sp³-hybridized carbons (Fsp3) is 0.200. The molecule has 0 spiro atoms. The predicted octanol–water partition coefficient (Wildman–Crippen LogP) is 2.78. The minimum atomic E-state index is -5.56. The first-order chi connectivity index (χ1) is 8.55. The van der Waals surface area contributed by atoms with Gasteiger partial charge in [-0.3, -0.25) is 9.59 Å². The van der Waals surface area contributed by atoms with Crippen LogP contribution in [0.1, 0.15) is 22.3 Å². The summed E-state index contributed by atoms with van der Waals surface area (Å²) in [4.78, 5) is 21.3. The molecule has 0 atom stereocenters. The molecule has 0 aromatic heterocycles. The number of aliphatic carboxylic acids is 1. The van der Waals surface area contributed by atoms with E-state index in [4.69, 9.17) is 5.11 Å². The van der Waals surface area contributed by atoms with Crippen LogP contribution in [-0.2, 0) is 11.0 Å². The summed E-state index contributed by atoms with van der Waals surface area (Å²) in [5, 5.41) is 8.26. The van der Waals surface area contributed by atoms with Crippen LogP contribution in [0.4, 0.5) is 26.3 Å². The Kier molecular flexibility index (Phi) is 3.87. The minimum absolute atomic E-state index is 0.106. The van der Waals surface area contributed by atoms with Crippen molar-refractivity contribution in [2.24, 2.45) is 0 Å². The van der Waals surface area contributed by atoms with Crippen LogP contribution in [0.15, 0.2) is 6.07 Å². The van der Waals surface area contributed by atoms with E-state index in [1.165, 1.54) is 0 Å². The second-order valence-electron chi connectivity index (χ2n) is 3.40. The number of carboxylic acid groups (broad SMARTS) is 1. The molecule has 19 heavy (non-hydrogen) atoms. The number of hydrogen-bond donors (Lipinski definition) is 1. The first-order valence-corrected chi connectivity index (χ1v) is 4.55. The number of carbonyl (C=O) groups is 2. The molecule has 0 bridgehead atoms. The van der Waals surface area contributed by atoms with E-state index in [9.17, 15) is 35.9 Å². The van der Waals surface area contributed by atoms with Gasteiger partial charge in [0.15, 0.2) is 17.4 Å². The zero-order valence-electron chi connectivity index (χ0n) is 8.82. The third-order valence-corrected chi connectivity index (χ3v) is 2.05. The molecule has 0 radical (unpaired) electrons. The van der Waals surface area contributed by atoms with Gasteiger partial charge in [0.05, 0.1) is 5.56 Å². The Morgan fingerprint density at radius 1 is 1.11 bits per heavy atom. The SMILES string of the molecule is O=C(O)CC(=O)c1cc(F)c(F)c(C(F)(F)F)c1F. The molecule has 0 saturated carbocycles. The Hall–Kier alpha value is -2.06. The molecular weight excluding hydrogens is 282 g/mol. The van der Waals surface area contributed by atoms with Crippen molar-refractivity contribution in [1.29, 1.82) is 0 Å². The molecule has 0 aliphatic heterocycles. The standard InChI is InChI=1S/C10H4F6O3/c11-4-1-3(5(17)2-6(18)19)8(12)7(9(4)13)10(14,15)16/h1H,2H2,(H,18,19). The van der Waals surface area contributed by atoms with Crippen LogP contribution in [-0.4, -0.2) is 16.9 Å². The summed E-state index contributed by atoms with van der Waals surface area (Å²) >= 11 is 0. The zero-order valence-corrected chi connectivity index (χ0v) is 8.82. The zero-order chi connectivity index (χ0) is 15.0. The normalized spacial score (nSPS) is 11.5. The van der Waals surface area contributed by atoms with Crippen molar-refractivity contribution in [3.63, 3.8) is 0 Å². The maximum atomic E-state index is 13.4. The highest BCUT2D eigenvalue weighted by molar-refractivity contribution is 6.05. The van der Waals surface area contributed by atoms with E-state index >= 15 is 0 Å². The number of ketones is 1. The van der Waals surface area contributed by atoms with E-state index in [2.05, 4.69) is 0 Å². The molecule has 1 rings (SSSR count). The second kappa shape index (κ2) is 4.90. The van der Waals surface area contributed by atoms with Crippen LogP contribution < -0.4 is 0 Å². The number of carbonyl (C=O) groups excluding carboxylic acids is 1. The van der Waals surface area contributed by atoms with Gasteiger partial charge in [-0.2, -0.15) is 13.2 Å². The van der Waals surface area contributed by atoms with Crippen LogP contribution in [0.2, 0.25) is 0 Å². The Morgan fingerprint density at radius 2 is 1.63 bits per heavy atom. The van der Waals surface area contributed by atoms with E-state index in [0.717, 1.165) is 0 Å². The van der Waals surface area contributed by atoms with Crippen LogP contribution in [0.5, 0.6) is 0 Å². The fourth-order valence-electron chi connectivity index (χ4n) is 1.29. The smallest absolute Gasteiger partial charge is 0.422 e. The predicted molar refractivity (Wildman–Crippen MR) is 47.9 cm³/mol. The van der Waals surface area contributed by atoms with Crippen LogP contribution in [0.25, 0.3) is 0 Å². The average Bonchev–Trinajstić information content (AvgIpc) is 2.20. The van der Waals surface area contributed by atoms with Crippen molar-refractivity contribution < 1.29 is 41.0 Å².